The van der Waals surface area contributed by atoms with Crippen LogP contribution in [0.3, 0.4) is 0 Å². The van der Waals surface area contributed by atoms with E-state index in [2.05, 4.69) is 83.3 Å². The zero-order valence-electron chi connectivity index (χ0n) is 8.36. The molecule has 0 saturated heterocycles. The number of rotatable bonds is 3. The average molecular weight is 414 g/mol. The normalized spacial score (nSPS) is 10.5. The van der Waals surface area contributed by atoms with Gasteiger partial charge in [0.15, 0.2) is 0 Å². The topological polar surface area (TPSA) is 0 Å². The van der Waals surface area contributed by atoms with Crippen molar-refractivity contribution >= 4 is 49.5 Å². The van der Waals surface area contributed by atoms with Crippen molar-refractivity contribution in [3.8, 4) is 0 Å². The third-order valence-corrected chi connectivity index (χ3v) is 14.1. The maximum atomic E-state index is 2.54. The van der Waals surface area contributed by atoms with Gasteiger partial charge in [-0.2, -0.15) is 0 Å². The Morgan fingerprint density at radius 3 is 1.47 bits per heavy atom. The van der Waals surface area contributed by atoms with Crippen LogP contribution in [0, 0.1) is 0 Å². The van der Waals surface area contributed by atoms with E-state index in [1.54, 1.807) is 7.16 Å². The second-order valence-electron chi connectivity index (χ2n) is 3.34. The van der Waals surface area contributed by atoms with Gasteiger partial charge in [0.25, 0.3) is 0 Å². The average Bonchev–Trinajstić information content (AvgIpc) is 2.33. The van der Waals surface area contributed by atoms with Crippen LogP contribution in [0.1, 0.15) is 0 Å². The van der Waals surface area contributed by atoms with Crippen LogP contribution in [0.5, 0.6) is 0 Å². The Labute approximate surface area is 112 Å². The summed E-state index contributed by atoms with van der Waals surface area (Å²) in [6.07, 6.45) is 0. The number of hydrogen-bond donors (Lipinski definition) is 0. The predicted molar refractivity (Wildman–Crippen MR) is 76.8 cm³/mol. The summed E-state index contributed by atoms with van der Waals surface area (Å²) in [6.45, 7) is 0. The molecular formula is C13H12ISn. The standard InChI is InChI=1S/2C6H5.CH2I.Sn/c2*1-2-4-6-5-3-1;1-2;/h2*1-5H;1H2;. The van der Waals surface area contributed by atoms with Crippen LogP contribution >= 0.6 is 22.6 Å². The van der Waals surface area contributed by atoms with Crippen LogP contribution in [0.4, 0.5) is 0 Å². The number of alkyl halides is 1. The Balaban J connectivity index is 2.34. The molecule has 0 unspecified atom stereocenters. The van der Waals surface area contributed by atoms with Crippen LogP contribution in [0.15, 0.2) is 60.7 Å². The van der Waals surface area contributed by atoms with E-state index in [0.29, 0.717) is 0 Å². The van der Waals surface area contributed by atoms with Crippen molar-refractivity contribution in [3.05, 3.63) is 60.7 Å². The summed E-state index contributed by atoms with van der Waals surface area (Å²) >= 11 is 0.992. The van der Waals surface area contributed by atoms with E-state index in [-0.39, 0.29) is 0 Å². The fourth-order valence-corrected chi connectivity index (χ4v) is 12.7. The van der Waals surface area contributed by atoms with Crippen molar-refractivity contribution in [3.63, 3.8) is 0 Å². The van der Waals surface area contributed by atoms with Crippen molar-refractivity contribution in [2.75, 3.05) is 2.44 Å². The van der Waals surface area contributed by atoms with Gasteiger partial charge in [-0.05, 0) is 0 Å². The van der Waals surface area contributed by atoms with Crippen molar-refractivity contribution in [1.82, 2.24) is 0 Å². The summed E-state index contributed by atoms with van der Waals surface area (Å²) in [5.41, 5.74) is 0. The molecule has 2 heteroatoms. The molecule has 1 radical (unpaired) electrons. The van der Waals surface area contributed by atoms with Crippen LogP contribution in [0.25, 0.3) is 0 Å². The molecule has 0 atom stereocenters. The van der Waals surface area contributed by atoms with Crippen molar-refractivity contribution in [1.29, 1.82) is 0 Å². The Bertz CT molecular complexity index is 360. The van der Waals surface area contributed by atoms with Crippen LogP contribution in [0.2, 0.25) is 0 Å². The molecular weight excluding hydrogens is 402 g/mol. The third-order valence-electron chi connectivity index (χ3n) is 2.38. The molecule has 0 amide bonds. The second kappa shape index (κ2) is 5.89. The molecule has 0 fully saturated rings. The van der Waals surface area contributed by atoms with Gasteiger partial charge in [-0.15, -0.1) is 0 Å². The van der Waals surface area contributed by atoms with E-state index in [1.165, 1.54) is 2.44 Å². The Kier molecular flexibility index (Phi) is 4.50. The van der Waals surface area contributed by atoms with Gasteiger partial charge in [-0.25, -0.2) is 0 Å². The number of halogens is 1. The molecule has 2 aromatic rings. The molecule has 2 aromatic carbocycles. The maximum absolute atomic E-state index is 2.54. The molecule has 0 aliphatic rings. The summed E-state index contributed by atoms with van der Waals surface area (Å²) < 4.78 is 4.51. The predicted octanol–water partition coefficient (Wildman–Crippen LogP) is 2.27. The van der Waals surface area contributed by atoms with E-state index in [0.717, 1.165) is 0 Å². The fourth-order valence-electron chi connectivity index (χ4n) is 1.60. The SMILES string of the molecule is I[CH2][Sn]([c]1ccccc1)[c]1ccccc1. The summed E-state index contributed by atoms with van der Waals surface area (Å²) in [5, 5.41) is 0. The van der Waals surface area contributed by atoms with E-state index in [1.807, 2.05) is 0 Å². The minimum absolute atomic E-state index is 1.31. The monoisotopic (exact) mass is 415 g/mol. The zero-order valence-corrected chi connectivity index (χ0v) is 13.4. The minimum atomic E-state index is -1.55. The molecule has 0 aromatic heterocycles. The molecule has 75 valence electrons. The summed E-state index contributed by atoms with van der Waals surface area (Å²) in [5.74, 6) is 0. The van der Waals surface area contributed by atoms with Crippen LogP contribution < -0.4 is 7.16 Å². The molecule has 0 aliphatic heterocycles. The third kappa shape index (κ3) is 2.97. The fraction of sp³-hybridized carbons (Fsp3) is 0.0769. The second-order valence-corrected chi connectivity index (χ2v) is 15.3. The molecule has 2 rings (SSSR count). The summed E-state index contributed by atoms with van der Waals surface area (Å²) in [4.78, 5) is 0. The Hall–Kier alpha value is -0.0313. The van der Waals surface area contributed by atoms with Crippen molar-refractivity contribution in [2.24, 2.45) is 0 Å². The van der Waals surface area contributed by atoms with E-state index >= 15 is 0 Å². The van der Waals surface area contributed by atoms with Gasteiger partial charge in [0.1, 0.15) is 0 Å². The van der Waals surface area contributed by atoms with E-state index < -0.39 is 19.8 Å². The molecule has 0 N–H and O–H groups in total. The molecule has 15 heavy (non-hydrogen) atoms. The van der Waals surface area contributed by atoms with Gasteiger partial charge in [0, 0.05) is 0 Å². The molecule has 0 spiro atoms. The number of hydrogen-bond acceptors (Lipinski definition) is 0. The quantitative estimate of drug-likeness (QED) is 0.411. The van der Waals surface area contributed by atoms with Gasteiger partial charge in [0.05, 0.1) is 0 Å². The molecule has 0 heterocycles. The molecule has 0 saturated carbocycles. The molecule has 0 bridgehead atoms. The Morgan fingerprint density at radius 2 is 1.13 bits per heavy atom. The summed E-state index contributed by atoms with van der Waals surface area (Å²) in [7, 11) is 0. The van der Waals surface area contributed by atoms with Crippen LogP contribution in [-0.2, 0) is 0 Å². The van der Waals surface area contributed by atoms with Gasteiger partial charge < -0.3 is 0 Å². The molecule has 0 aliphatic carbocycles. The van der Waals surface area contributed by atoms with E-state index in [9.17, 15) is 0 Å². The van der Waals surface area contributed by atoms with Crippen molar-refractivity contribution < 1.29 is 0 Å². The van der Waals surface area contributed by atoms with Crippen molar-refractivity contribution in [2.45, 2.75) is 0 Å². The van der Waals surface area contributed by atoms with E-state index in [4.69, 9.17) is 0 Å². The van der Waals surface area contributed by atoms with Gasteiger partial charge in [0.2, 0.25) is 0 Å². The van der Waals surface area contributed by atoms with Gasteiger partial charge in [-0.1, -0.05) is 0 Å². The first-order valence-corrected chi connectivity index (χ1v) is 11.3. The molecule has 0 nitrogen and oxygen atoms in total. The van der Waals surface area contributed by atoms with Gasteiger partial charge >= 0.3 is 113 Å². The summed E-state index contributed by atoms with van der Waals surface area (Å²) in [6, 6.07) is 22.0. The van der Waals surface area contributed by atoms with Gasteiger partial charge in [-0.3, -0.25) is 0 Å². The zero-order chi connectivity index (χ0) is 10.5. The Morgan fingerprint density at radius 1 is 0.733 bits per heavy atom. The van der Waals surface area contributed by atoms with Crippen LogP contribution in [-0.4, -0.2) is 22.2 Å². The number of benzene rings is 2. The first-order chi connectivity index (χ1) is 7.42. The first kappa shape index (κ1) is 11.5. The first-order valence-electron chi connectivity index (χ1n) is 4.94.